The highest BCUT2D eigenvalue weighted by Gasteiger charge is 2.24. The van der Waals surface area contributed by atoms with Crippen molar-refractivity contribution >= 4 is 62.4 Å². The first-order valence-corrected chi connectivity index (χ1v) is 10.8. The number of nitrogens with one attached hydrogen (secondary N) is 1. The lowest BCUT2D eigenvalue weighted by atomic mass is 10.0. The number of carbonyl (C=O) groups excluding carboxylic acids is 2. The number of hydrogen-bond acceptors (Lipinski definition) is 4. The minimum Gasteiger partial charge on any atom is -0.327 e. The van der Waals surface area contributed by atoms with E-state index >= 15 is 0 Å². The fourth-order valence-corrected chi connectivity index (χ4v) is 4.32. The molecule has 1 amide bonds. The number of pyridine rings is 2. The van der Waals surface area contributed by atoms with E-state index in [4.69, 9.17) is 23.2 Å². The van der Waals surface area contributed by atoms with Crippen LogP contribution in [-0.2, 0) is 11.3 Å². The van der Waals surface area contributed by atoms with Crippen molar-refractivity contribution in [2.24, 2.45) is 0 Å². The second-order valence-electron chi connectivity index (χ2n) is 7.44. The molecule has 33 heavy (non-hydrogen) atoms. The molecule has 5 aromatic rings. The van der Waals surface area contributed by atoms with Gasteiger partial charge in [0, 0.05) is 36.7 Å². The van der Waals surface area contributed by atoms with Gasteiger partial charge in [0.05, 0.1) is 21.3 Å². The highest BCUT2D eigenvalue weighted by atomic mass is 35.5. The molecule has 162 valence electrons. The average molecular weight is 475 g/mol. The number of rotatable bonds is 5. The Bertz CT molecular complexity index is 1520. The Balaban J connectivity index is 1.52. The normalized spacial score (nSPS) is 11.1. The van der Waals surface area contributed by atoms with Crippen LogP contribution in [-0.4, -0.2) is 26.2 Å². The van der Waals surface area contributed by atoms with Crippen LogP contribution in [0.3, 0.4) is 0 Å². The van der Waals surface area contributed by atoms with Crippen LogP contribution in [0.4, 0.5) is 5.69 Å². The van der Waals surface area contributed by atoms with Gasteiger partial charge in [0.15, 0.2) is 0 Å². The van der Waals surface area contributed by atoms with Gasteiger partial charge in [0.1, 0.15) is 5.65 Å². The topological polar surface area (TPSA) is 76.9 Å². The Morgan fingerprint density at radius 1 is 0.909 bits per heavy atom. The van der Waals surface area contributed by atoms with Crippen molar-refractivity contribution in [2.75, 3.05) is 5.32 Å². The lowest BCUT2D eigenvalue weighted by Gasteiger charge is -2.08. The smallest absolute Gasteiger partial charge is 0.296 e. The number of Topliss-reactive ketones (excluding diaryl/α,β-unsaturated/α-hetero) is 1. The molecule has 0 spiro atoms. The molecule has 0 atom stereocenters. The van der Waals surface area contributed by atoms with Gasteiger partial charge in [0.2, 0.25) is 0 Å². The quantitative estimate of drug-likeness (QED) is 0.259. The van der Waals surface area contributed by atoms with Crippen LogP contribution in [0.5, 0.6) is 0 Å². The molecular formula is C25H16Cl2N4O2. The maximum absolute atomic E-state index is 13.1. The van der Waals surface area contributed by atoms with Gasteiger partial charge in [-0.15, -0.1) is 0 Å². The van der Waals surface area contributed by atoms with E-state index in [2.05, 4.69) is 33.5 Å². The number of nitrogens with zero attached hydrogens (tertiary/aromatic N) is 3. The highest BCUT2D eigenvalue weighted by Crippen LogP contribution is 2.29. The fourth-order valence-electron chi connectivity index (χ4n) is 3.86. The average Bonchev–Trinajstić information content (AvgIpc) is 3.19. The zero-order valence-electron chi connectivity index (χ0n) is 17.1. The van der Waals surface area contributed by atoms with Crippen molar-refractivity contribution in [2.45, 2.75) is 6.54 Å². The Labute approximate surface area is 198 Å². The first-order valence-electron chi connectivity index (χ1n) is 10.1. The Kier molecular flexibility index (Phi) is 5.54. The minimum absolute atomic E-state index is 0.142. The molecule has 0 saturated heterocycles. The number of anilines is 1. The molecule has 6 nitrogen and oxygen atoms in total. The molecule has 0 bridgehead atoms. The van der Waals surface area contributed by atoms with Crippen molar-refractivity contribution in [1.82, 2.24) is 14.5 Å². The first-order chi connectivity index (χ1) is 16.0. The zero-order valence-corrected chi connectivity index (χ0v) is 18.6. The summed E-state index contributed by atoms with van der Waals surface area (Å²) in [5.41, 5.74) is 2.08. The van der Waals surface area contributed by atoms with E-state index in [1.54, 1.807) is 24.5 Å². The second-order valence-corrected chi connectivity index (χ2v) is 8.26. The maximum atomic E-state index is 13.1. The summed E-state index contributed by atoms with van der Waals surface area (Å²) >= 11 is 12.1. The van der Waals surface area contributed by atoms with E-state index in [1.807, 2.05) is 28.8 Å². The van der Waals surface area contributed by atoms with E-state index in [0.717, 1.165) is 16.3 Å². The highest BCUT2D eigenvalue weighted by molar-refractivity contribution is 6.50. The van der Waals surface area contributed by atoms with Gasteiger partial charge < -0.3 is 9.88 Å². The minimum atomic E-state index is -0.849. The number of halogens is 2. The van der Waals surface area contributed by atoms with Gasteiger partial charge in [-0.2, -0.15) is 0 Å². The Morgan fingerprint density at radius 3 is 2.45 bits per heavy atom. The summed E-state index contributed by atoms with van der Waals surface area (Å²) in [6, 6.07) is 17.7. The van der Waals surface area contributed by atoms with Crippen LogP contribution < -0.4 is 5.32 Å². The summed E-state index contributed by atoms with van der Waals surface area (Å²) in [6.07, 6.45) is 6.00. The first kappa shape index (κ1) is 21.1. The number of benzene rings is 2. The lowest BCUT2D eigenvalue weighted by molar-refractivity contribution is -0.112. The predicted molar refractivity (Wildman–Crippen MR) is 130 cm³/mol. The maximum Gasteiger partial charge on any atom is 0.296 e. The molecule has 0 saturated carbocycles. The van der Waals surface area contributed by atoms with E-state index in [-0.39, 0.29) is 21.3 Å². The molecule has 0 aliphatic heterocycles. The van der Waals surface area contributed by atoms with Crippen LogP contribution in [0.15, 0.2) is 79.4 Å². The number of carbonyl (C=O) groups is 2. The van der Waals surface area contributed by atoms with Crippen molar-refractivity contribution in [3.8, 4) is 0 Å². The van der Waals surface area contributed by atoms with E-state index in [0.29, 0.717) is 17.6 Å². The molecule has 2 aromatic carbocycles. The summed E-state index contributed by atoms with van der Waals surface area (Å²) in [6.45, 7) is 0.492. The summed E-state index contributed by atoms with van der Waals surface area (Å²) < 4.78 is 1.88. The molecule has 0 aliphatic carbocycles. The van der Waals surface area contributed by atoms with Crippen LogP contribution in [0.2, 0.25) is 10.0 Å². The standard InChI is InChI=1S/C25H16Cl2N4O2/c26-20-11-28-12-21(27)22(20)30-25(33)23(32)19-14-31(24-18(19)9-4-10-29-24)13-16-7-3-6-15-5-1-2-8-17(15)16/h1-12,14H,13H2,(H,28,30,33). The Hall–Kier alpha value is -3.74. The van der Waals surface area contributed by atoms with Gasteiger partial charge in [-0.1, -0.05) is 65.7 Å². The van der Waals surface area contributed by atoms with Crippen LogP contribution in [0.25, 0.3) is 21.8 Å². The molecule has 5 rings (SSSR count). The molecule has 3 aromatic heterocycles. The largest absolute Gasteiger partial charge is 0.327 e. The van der Waals surface area contributed by atoms with Crippen molar-refractivity contribution < 1.29 is 9.59 Å². The summed E-state index contributed by atoms with van der Waals surface area (Å²) in [5.74, 6) is -1.56. The zero-order chi connectivity index (χ0) is 22.9. The number of aromatic nitrogens is 3. The summed E-state index contributed by atoms with van der Waals surface area (Å²) in [5, 5.41) is 5.62. The third-order valence-corrected chi connectivity index (χ3v) is 5.97. The van der Waals surface area contributed by atoms with E-state index in [1.165, 1.54) is 12.4 Å². The van der Waals surface area contributed by atoms with Gasteiger partial charge in [0.25, 0.3) is 11.7 Å². The van der Waals surface area contributed by atoms with Crippen LogP contribution in [0.1, 0.15) is 15.9 Å². The van der Waals surface area contributed by atoms with Crippen molar-refractivity contribution in [3.63, 3.8) is 0 Å². The van der Waals surface area contributed by atoms with Crippen LogP contribution in [0, 0.1) is 0 Å². The SMILES string of the molecule is O=C(Nc1c(Cl)cncc1Cl)C(=O)c1cn(Cc2cccc3ccccc23)c2ncccc12. The molecule has 1 N–H and O–H groups in total. The van der Waals surface area contributed by atoms with Gasteiger partial charge in [-0.3, -0.25) is 14.6 Å². The molecule has 0 radical (unpaired) electrons. The van der Waals surface area contributed by atoms with E-state index < -0.39 is 11.7 Å². The number of ketones is 1. The van der Waals surface area contributed by atoms with E-state index in [9.17, 15) is 9.59 Å². The predicted octanol–water partition coefficient (Wildman–Crippen LogP) is 5.76. The van der Waals surface area contributed by atoms with Gasteiger partial charge in [-0.05, 0) is 28.5 Å². The summed E-state index contributed by atoms with van der Waals surface area (Å²) in [4.78, 5) is 34.2. The molecule has 0 fully saturated rings. The van der Waals surface area contributed by atoms with Gasteiger partial charge in [-0.25, -0.2) is 4.98 Å². The monoisotopic (exact) mass is 474 g/mol. The number of hydrogen-bond donors (Lipinski definition) is 1. The number of amides is 1. The molecule has 3 heterocycles. The third kappa shape index (κ3) is 3.95. The molecule has 0 unspecified atom stereocenters. The third-order valence-electron chi connectivity index (χ3n) is 5.40. The molecule has 0 aliphatic rings. The lowest BCUT2D eigenvalue weighted by Crippen LogP contribution is -2.23. The second kappa shape index (κ2) is 8.65. The Morgan fingerprint density at radius 2 is 1.64 bits per heavy atom. The molecular weight excluding hydrogens is 459 g/mol. The van der Waals surface area contributed by atoms with Gasteiger partial charge >= 0.3 is 0 Å². The molecule has 8 heteroatoms. The fraction of sp³-hybridized carbons (Fsp3) is 0.0400. The number of fused-ring (bicyclic) bond motifs is 2. The summed E-state index contributed by atoms with van der Waals surface area (Å²) in [7, 11) is 0. The van der Waals surface area contributed by atoms with Crippen molar-refractivity contribution in [1.29, 1.82) is 0 Å². The van der Waals surface area contributed by atoms with Crippen molar-refractivity contribution in [3.05, 3.63) is 101 Å². The van der Waals surface area contributed by atoms with Crippen LogP contribution >= 0.6 is 23.2 Å².